The van der Waals surface area contributed by atoms with Crippen LogP contribution < -0.4 is 11.1 Å². The molecule has 6 heteroatoms. The summed E-state index contributed by atoms with van der Waals surface area (Å²) < 4.78 is 0. The summed E-state index contributed by atoms with van der Waals surface area (Å²) in [6.07, 6.45) is 0. The Bertz CT molecular complexity index is 418. The predicted octanol–water partition coefficient (Wildman–Crippen LogP) is 1.61. The molecule has 1 aromatic rings. The first-order chi connectivity index (χ1) is 7.84. The van der Waals surface area contributed by atoms with Gasteiger partial charge < -0.3 is 16.2 Å². The van der Waals surface area contributed by atoms with Crippen molar-refractivity contribution in [2.75, 3.05) is 24.2 Å². The van der Waals surface area contributed by atoms with Crippen LogP contribution >= 0.6 is 0 Å². The Balaban J connectivity index is 2.81. The molecule has 0 aromatic heterocycles. The maximum atomic E-state index is 10.6. The molecule has 0 amide bonds. The zero-order valence-electron chi connectivity index (χ0n) is 9.93. The lowest BCUT2D eigenvalue weighted by Gasteiger charge is -2.22. The van der Waals surface area contributed by atoms with Crippen LogP contribution in [0.25, 0.3) is 0 Å². The second-order valence-corrected chi connectivity index (χ2v) is 4.75. The molecular weight excluding hydrogens is 222 g/mol. The van der Waals surface area contributed by atoms with Crippen molar-refractivity contribution in [3.05, 3.63) is 28.3 Å². The van der Waals surface area contributed by atoms with Crippen molar-refractivity contribution in [3.63, 3.8) is 0 Å². The molecule has 94 valence electrons. The Labute approximate surface area is 99.6 Å². The van der Waals surface area contributed by atoms with Gasteiger partial charge in [-0.25, -0.2) is 0 Å². The van der Waals surface area contributed by atoms with E-state index in [2.05, 4.69) is 5.32 Å². The Hall–Kier alpha value is -1.82. The number of hydrogen-bond acceptors (Lipinski definition) is 5. The number of nitrogens with one attached hydrogen (secondary N) is 1. The summed E-state index contributed by atoms with van der Waals surface area (Å²) in [6.45, 7) is 4.32. The molecular formula is C11H17N3O3. The molecule has 0 unspecified atom stereocenters. The molecule has 6 nitrogen and oxygen atoms in total. The highest BCUT2D eigenvalue weighted by Crippen LogP contribution is 2.23. The second kappa shape index (κ2) is 5.01. The fourth-order valence-electron chi connectivity index (χ4n) is 1.24. The number of nitrogens with zero attached hydrogens (tertiary/aromatic N) is 1. The van der Waals surface area contributed by atoms with Crippen molar-refractivity contribution in [2.24, 2.45) is 5.41 Å². The topological polar surface area (TPSA) is 101 Å². The highest BCUT2D eigenvalue weighted by atomic mass is 16.6. The zero-order chi connectivity index (χ0) is 13.1. The smallest absolute Gasteiger partial charge is 0.273 e. The molecule has 0 saturated carbocycles. The quantitative estimate of drug-likeness (QED) is 0.411. The standard InChI is InChI=1S/C11H17N3O3/c1-11(2,7-15)6-13-9-3-8(12)4-10(5-9)14(16)17/h3-5,13,15H,6-7,12H2,1-2H3. The Kier molecular flexibility index (Phi) is 3.90. The molecule has 0 aliphatic carbocycles. The normalized spacial score (nSPS) is 11.2. The lowest BCUT2D eigenvalue weighted by Crippen LogP contribution is -2.26. The van der Waals surface area contributed by atoms with Gasteiger partial charge in [0.25, 0.3) is 5.69 Å². The van der Waals surface area contributed by atoms with Crippen molar-refractivity contribution < 1.29 is 10.0 Å². The van der Waals surface area contributed by atoms with Gasteiger partial charge >= 0.3 is 0 Å². The van der Waals surface area contributed by atoms with Crippen LogP contribution in [0.2, 0.25) is 0 Å². The average molecular weight is 239 g/mol. The average Bonchev–Trinajstić information content (AvgIpc) is 2.26. The number of nitrogens with two attached hydrogens (primary N) is 1. The number of nitrogen functional groups attached to an aromatic ring is 1. The van der Waals surface area contributed by atoms with E-state index in [9.17, 15) is 10.1 Å². The Morgan fingerprint density at radius 3 is 2.65 bits per heavy atom. The summed E-state index contributed by atoms with van der Waals surface area (Å²) in [5.41, 5.74) is 6.15. The number of anilines is 2. The molecule has 0 saturated heterocycles. The third kappa shape index (κ3) is 3.92. The number of rotatable bonds is 5. The minimum atomic E-state index is -0.487. The third-order valence-corrected chi connectivity index (χ3v) is 2.35. The van der Waals surface area contributed by atoms with E-state index in [1.54, 1.807) is 6.07 Å². The Morgan fingerprint density at radius 1 is 1.47 bits per heavy atom. The largest absolute Gasteiger partial charge is 0.398 e. The van der Waals surface area contributed by atoms with E-state index in [1.807, 2.05) is 13.8 Å². The van der Waals surface area contributed by atoms with Gasteiger partial charge in [0.05, 0.1) is 4.92 Å². The molecule has 0 aliphatic heterocycles. The number of benzene rings is 1. The summed E-state index contributed by atoms with van der Waals surface area (Å²) >= 11 is 0. The van der Waals surface area contributed by atoms with Crippen LogP contribution in [0.1, 0.15) is 13.8 Å². The summed E-state index contributed by atoms with van der Waals surface area (Å²) in [5.74, 6) is 0. The van der Waals surface area contributed by atoms with E-state index in [1.165, 1.54) is 12.1 Å². The molecule has 0 heterocycles. The van der Waals surface area contributed by atoms with Gasteiger partial charge in [0.15, 0.2) is 0 Å². The van der Waals surface area contributed by atoms with Crippen molar-refractivity contribution in [3.8, 4) is 0 Å². The van der Waals surface area contributed by atoms with Gasteiger partial charge in [-0.2, -0.15) is 0 Å². The molecule has 17 heavy (non-hydrogen) atoms. The van der Waals surface area contributed by atoms with Crippen LogP contribution in [-0.2, 0) is 0 Å². The number of aliphatic hydroxyl groups excluding tert-OH is 1. The number of hydrogen-bond donors (Lipinski definition) is 3. The Morgan fingerprint density at radius 2 is 2.12 bits per heavy atom. The zero-order valence-corrected chi connectivity index (χ0v) is 9.93. The number of nitro groups is 1. The number of non-ortho nitro benzene ring substituents is 1. The first-order valence-electron chi connectivity index (χ1n) is 5.24. The molecule has 0 spiro atoms. The van der Waals surface area contributed by atoms with Gasteiger partial charge in [0, 0.05) is 42.1 Å². The van der Waals surface area contributed by atoms with Crippen LogP contribution in [0.3, 0.4) is 0 Å². The third-order valence-electron chi connectivity index (χ3n) is 2.35. The molecule has 0 fully saturated rings. The van der Waals surface area contributed by atoms with Gasteiger partial charge in [-0.15, -0.1) is 0 Å². The van der Waals surface area contributed by atoms with Crippen LogP contribution in [0, 0.1) is 15.5 Å². The van der Waals surface area contributed by atoms with Crippen molar-refractivity contribution in [2.45, 2.75) is 13.8 Å². The van der Waals surface area contributed by atoms with Gasteiger partial charge in [-0.1, -0.05) is 13.8 Å². The highest BCUT2D eigenvalue weighted by Gasteiger charge is 2.16. The van der Waals surface area contributed by atoms with Gasteiger partial charge in [-0.05, 0) is 6.07 Å². The summed E-state index contributed by atoms with van der Waals surface area (Å²) in [6, 6.07) is 4.35. The highest BCUT2D eigenvalue weighted by molar-refractivity contribution is 5.61. The predicted molar refractivity (Wildman–Crippen MR) is 66.9 cm³/mol. The molecule has 0 bridgehead atoms. The first kappa shape index (κ1) is 13.2. The summed E-state index contributed by atoms with van der Waals surface area (Å²) in [7, 11) is 0. The van der Waals surface area contributed by atoms with Crippen LogP contribution in [0.4, 0.5) is 17.1 Å². The van der Waals surface area contributed by atoms with Gasteiger partial charge in [0.1, 0.15) is 0 Å². The van der Waals surface area contributed by atoms with E-state index in [0.717, 1.165) is 0 Å². The van der Waals surface area contributed by atoms with E-state index in [4.69, 9.17) is 10.8 Å². The number of aliphatic hydroxyl groups is 1. The first-order valence-corrected chi connectivity index (χ1v) is 5.24. The monoisotopic (exact) mass is 239 g/mol. The van der Waals surface area contributed by atoms with Crippen LogP contribution in [0.5, 0.6) is 0 Å². The fraction of sp³-hybridized carbons (Fsp3) is 0.455. The lowest BCUT2D eigenvalue weighted by molar-refractivity contribution is -0.384. The molecule has 0 radical (unpaired) electrons. The molecule has 4 N–H and O–H groups in total. The SMILES string of the molecule is CC(C)(CO)CNc1cc(N)cc([N+](=O)[O-])c1. The maximum Gasteiger partial charge on any atom is 0.273 e. The van der Waals surface area contributed by atoms with Crippen molar-refractivity contribution in [1.29, 1.82) is 0 Å². The van der Waals surface area contributed by atoms with Crippen molar-refractivity contribution in [1.82, 2.24) is 0 Å². The fourth-order valence-corrected chi connectivity index (χ4v) is 1.24. The summed E-state index contributed by atoms with van der Waals surface area (Å²) in [5, 5.41) is 22.8. The van der Waals surface area contributed by atoms with Crippen molar-refractivity contribution >= 4 is 17.1 Å². The van der Waals surface area contributed by atoms with E-state index in [-0.39, 0.29) is 17.7 Å². The summed E-state index contributed by atoms with van der Waals surface area (Å²) in [4.78, 5) is 10.2. The number of nitro benzene ring substituents is 1. The molecule has 0 aliphatic rings. The van der Waals surface area contributed by atoms with E-state index >= 15 is 0 Å². The van der Waals surface area contributed by atoms with E-state index < -0.39 is 4.92 Å². The van der Waals surface area contributed by atoms with Crippen LogP contribution in [0.15, 0.2) is 18.2 Å². The molecule has 0 atom stereocenters. The minimum Gasteiger partial charge on any atom is -0.398 e. The maximum absolute atomic E-state index is 10.6. The van der Waals surface area contributed by atoms with Gasteiger partial charge in [-0.3, -0.25) is 10.1 Å². The molecule has 1 aromatic carbocycles. The van der Waals surface area contributed by atoms with Gasteiger partial charge in [0.2, 0.25) is 0 Å². The minimum absolute atomic E-state index is 0.0322. The van der Waals surface area contributed by atoms with E-state index in [0.29, 0.717) is 17.9 Å². The van der Waals surface area contributed by atoms with Crippen LogP contribution in [-0.4, -0.2) is 23.2 Å². The lowest BCUT2D eigenvalue weighted by atomic mass is 9.95. The second-order valence-electron chi connectivity index (χ2n) is 4.75. The molecule has 1 rings (SSSR count).